The minimum absolute atomic E-state index is 0.0122. The number of aryl methyl sites for hydroxylation is 1. The molecule has 0 bridgehead atoms. The molecule has 9 heteroatoms. The van der Waals surface area contributed by atoms with Crippen molar-refractivity contribution in [2.24, 2.45) is 4.99 Å². The van der Waals surface area contributed by atoms with Crippen LogP contribution < -0.4 is 0 Å². The molecule has 0 atom stereocenters. The first-order valence-electron chi connectivity index (χ1n) is 9.44. The van der Waals surface area contributed by atoms with Crippen LogP contribution in [-0.2, 0) is 22.4 Å². The van der Waals surface area contributed by atoms with Gasteiger partial charge < -0.3 is 9.79 Å². The fourth-order valence-electron chi connectivity index (χ4n) is 2.99. The monoisotopic (exact) mass is 527 g/mol. The van der Waals surface area contributed by atoms with E-state index in [-0.39, 0.29) is 4.47 Å². The van der Waals surface area contributed by atoms with Crippen molar-refractivity contribution < 1.29 is 23.1 Å². The molecule has 0 saturated carbocycles. The molecule has 1 heterocycles. The van der Waals surface area contributed by atoms with Crippen LogP contribution in [0.1, 0.15) is 22.3 Å². The molecular formula is C22H21BrF2NO3PS. The molecule has 0 saturated heterocycles. The Balaban J connectivity index is 1.52. The number of alkyl halides is 2. The molecule has 31 heavy (non-hydrogen) atoms. The van der Waals surface area contributed by atoms with Gasteiger partial charge in [0.05, 0.1) is 6.54 Å². The molecule has 0 unspecified atom stereocenters. The lowest BCUT2D eigenvalue weighted by atomic mass is 10.0. The molecule has 2 aromatic rings. The Kier molecular flexibility index (Phi) is 8.05. The Morgan fingerprint density at radius 2 is 1.84 bits per heavy atom. The van der Waals surface area contributed by atoms with E-state index in [1.807, 2.05) is 12.2 Å². The van der Waals surface area contributed by atoms with Crippen LogP contribution in [0.25, 0.3) is 5.57 Å². The van der Waals surface area contributed by atoms with E-state index in [1.54, 1.807) is 18.0 Å². The number of aliphatic imine (C=N–C) groups is 1. The summed E-state index contributed by atoms with van der Waals surface area (Å²) in [6.45, 7) is 0.675. The van der Waals surface area contributed by atoms with Gasteiger partial charge in [0, 0.05) is 22.0 Å². The van der Waals surface area contributed by atoms with E-state index >= 15 is 0 Å². The highest BCUT2D eigenvalue weighted by Gasteiger charge is 2.51. The normalized spacial score (nSPS) is 14.4. The molecule has 3 rings (SSSR count). The molecule has 2 N–H and O–H groups in total. The molecular weight excluding hydrogens is 507 g/mol. The van der Waals surface area contributed by atoms with Crippen molar-refractivity contribution in [1.29, 1.82) is 0 Å². The maximum absolute atomic E-state index is 13.9. The third-order valence-corrected chi connectivity index (χ3v) is 7.36. The second-order valence-electron chi connectivity index (χ2n) is 6.93. The predicted molar refractivity (Wildman–Crippen MR) is 127 cm³/mol. The van der Waals surface area contributed by atoms with Gasteiger partial charge in [-0.3, -0.25) is 9.56 Å². The standard InChI is InChI=1S/C22H21BrF2NO3PS/c23-21-14-17(5-8-20(21)22(24,25)30(27,28)29)15-31-13-10-16-3-6-19(7-4-16)18-2-1-11-26-12-9-18/h1-9,11,14H,10,12-13,15H2,(H2,27,28,29). The van der Waals surface area contributed by atoms with Gasteiger partial charge in [-0.05, 0) is 46.6 Å². The molecule has 1 aliphatic heterocycles. The van der Waals surface area contributed by atoms with Gasteiger partial charge in [-0.25, -0.2) is 0 Å². The van der Waals surface area contributed by atoms with Crippen LogP contribution in [0.2, 0.25) is 0 Å². The summed E-state index contributed by atoms with van der Waals surface area (Å²) < 4.78 is 38.9. The number of hydrogen-bond donors (Lipinski definition) is 2. The van der Waals surface area contributed by atoms with Crippen molar-refractivity contribution in [3.63, 3.8) is 0 Å². The lowest BCUT2D eigenvalue weighted by molar-refractivity contribution is 0.0557. The summed E-state index contributed by atoms with van der Waals surface area (Å²) >= 11 is 4.68. The number of rotatable bonds is 8. The second-order valence-corrected chi connectivity index (χ2v) is 10.5. The Morgan fingerprint density at radius 3 is 2.52 bits per heavy atom. The number of benzene rings is 2. The third-order valence-electron chi connectivity index (χ3n) is 4.70. The molecule has 2 aromatic carbocycles. The average Bonchev–Trinajstić information content (AvgIpc) is 3.00. The van der Waals surface area contributed by atoms with Crippen LogP contribution in [0.4, 0.5) is 8.78 Å². The van der Waals surface area contributed by atoms with Crippen LogP contribution in [0.5, 0.6) is 0 Å². The minimum Gasteiger partial charge on any atom is -0.320 e. The molecule has 0 amide bonds. The van der Waals surface area contributed by atoms with Crippen molar-refractivity contribution in [3.05, 3.63) is 87.4 Å². The van der Waals surface area contributed by atoms with Crippen molar-refractivity contribution in [3.8, 4) is 0 Å². The maximum Gasteiger partial charge on any atom is 0.399 e. The first-order valence-corrected chi connectivity index (χ1v) is 13.0. The van der Waals surface area contributed by atoms with E-state index in [0.29, 0.717) is 12.3 Å². The SMILES string of the molecule is O=P(O)(O)C(F)(F)c1ccc(CSCCc2ccc(C3=CCN=CC=C3)cc2)cc1Br. The molecule has 0 radical (unpaired) electrons. The van der Waals surface area contributed by atoms with Gasteiger partial charge in [0.2, 0.25) is 0 Å². The molecule has 1 aliphatic rings. The second kappa shape index (κ2) is 10.4. The molecule has 164 valence electrons. The van der Waals surface area contributed by atoms with Gasteiger partial charge >= 0.3 is 13.3 Å². The molecule has 0 aromatic heterocycles. The zero-order valence-electron chi connectivity index (χ0n) is 16.4. The Morgan fingerprint density at radius 1 is 1.13 bits per heavy atom. The first kappa shape index (κ1) is 24.1. The van der Waals surface area contributed by atoms with E-state index in [0.717, 1.165) is 34.9 Å². The summed E-state index contributed by atoms with van der Waals surface area (Å²) in [5, 5.41) is 0. The molecule has 0 fully saturated rings. The largest absolute Gasteiger partial charge is 0.399 e. The van der Waals surface area contributed by atoms with Crippen LogP contribution >= 0.6 is 35.3 Å². The number of halogens is 3. The summed E-state index contributed by atoms with van der Waals surface area (Å²) in [6.07, 6.45) is 8.73. The fourth-order valence-corrected chi connectivity index (χ4v) is 5.27. The zero-order valence-corrected chi connectivity index (χ0v) is 19.7. The highest BCUT2D eigenvalue weighted by atomic mass is 79.9. The number of nitrogens with zero attached hydrogens (tertiary/aromatic N) is 1. The van der Waals surface area contributed by atoms with Crippen LogP contribution in [0, 0.1) is 0 Å². The summed E-state index contributed by atoms with van der Waals surface area (Å²) in [7, 11) is -5.59. The lowest BCUT2D eigenvalue weighted by Gasteiger charge is -2.19. The van der Waals surface area contributed by atoms with Crippen LogP contribution in [0.15, 0.2) is 70.2 Å². The Bertz CT molecular complexity index is 1060. The van der Waals surface area contributed by atoms with Gasteiger partial charge in [-0.1, -0.05) is 64.5 Å². The van der Waals surface area contributed by atoms with Gasteiger partial charge in [0.25, 0.3) is 0 Å². The summed E-state index contributed by atoms with van der Waals surface area (Å²) in [5.74, 6) is 1.46. The Labute approximate surface area is 192 Å². The van der Waals surface area contributed by atoms with Gasteiger partial charge in [-0.2, -0.15) is 20.5 Å². The summed E-state index contributed by atoms with van der Waals surface area (Å²) in [6, 6.07) is 12.4. The molecule has 0 spiro atoms. The number of allylic oxidation sites excluding steroid dienone is 3. The highest BCUT2D eigenvalue weighted by Crippen LogP contribution is 2.60. The number of hydrogen-bond acceptors (Lipinski definition) is 3. The number of thioether (sulfide) groups is 1. The lowest BCUT2D eigenvalue weighted by Crippen LogP contribution is -2.14. The summed E-state index contributed by atoms with van der Waals surface area (Å²) in [4.78, 5) is 22.0. The smallest absolute Gasteiger partial charge is 0.320 e. The van der Waals surface area contributed by atoms with E-state index in [9.17, 15) is 13.3 Å². The topological polar surface area (TPSA) is 69.9 Å². The van der Waals surface area contributed by atoms with E-state index in [4.69, 9.17) is 9.79 Å². The van der Waals surface area contributed by atoms with E-state index in [2.05, 4.69) is 51.3 Å². The van der Waals surface area contributed by atoms with Gasteiger partial charge in [0.15, 0.2) is 0 Å². The third kappa shape index (κ3) is 6.24. The summed E-state index contributed by atoms with van der Waals surface area (Å²) in [5.41, 5.74) is -0.624. The quantitative estimate of drug-likeness (QED) is 0.318. The molecule has 4 nitrogen and oxygen atoms in total. The first-order chi connectivity index (χ1) is 14.7. The fraction of sp³-hybridized carbons (Fsp3) is 0.227. The minimum atomic E-state index is -5.59. The van der Waals surface area contributed by atoms with Crippen molar-refractivity contribution in [2.75, 3.05) is 12.3 Å². The highest BCUT2D eigenvalue weighted by molar-refractivity contribution is 9.10. The van der Waals surface area contributed by atoms with Crippen LogP contribution in [-0.4, -0.2) is 28.3 Å². The van der Waals surface area contributed by atoms with E-state index in [1.165, 1.54) is 17.7 Å². The predicted octanol–water partition coefficient (Wildman–Crippen LogP) is 6.18. The van der Waals surface area contributed by atoms with Crippen molar-refractivity contribution >= 4 is 47.1 Å². The average molecular weight is 528 g/mol. The van der Waals surface area contributed by atoms with Gasteiger partial charge in [0.1, 0.15) is 0 Å². The van der Waals surface area contributed by atoms with Crippen molar-refractivity contribution in [2.45, 2.75) is 17.8 Å². The van der Waals surface area contributed by atoms with Gasteiger partial charge in [-0.15, -0.1) is 0 Å². The zero-order chi connectivity index (χ0) is 22.5. The van der Waals surface area contributed by atoms with E-state index < -0.39 is 18.8 Å². The Hall–Kier alpha value is -1.57. The van der Waals surface area contributed by atoms with Crippen LogP contribution in [0.3, 0.4) is 0 Å². The maximum atomic E-state index is 13.9. The molecule has 0 aliphatic carbocycles. The van der Waals surface area contributed by atoms with Crippen molar-refractivity contribution in [1.82, 2.24) is 0 Å².